The number of hydrogen-bond donors (Lipinski definition) is 0. The molecule has 0 aliphatic heterocycles. The van der Waals surface area contributed by atoms with Gasteiger partial charge in [-0.25, -0.2) is 0 Å². The van der Waals surface area contributed by atoms with Crippen LogP contribution in [-0.4, -0.2) is 0 Å². The third kappa shape index (κ3) is 4.06. The Morgan fingerprint density at radius 1 is 0.440 bits per heavy atom. The number of rotatable bonds is 4. The molecule has 1 nitrogen and oxygen atoms in total. The van der Waals surface area contributed by atoms with E-state index in [1.165, 1.54) is 87.2 Å². The van der Waals surface area contributed by atoms with Crippen molar-refractivity contribution in [2.24, 2.45) is 0 Å². The van der Waals surface area contributed by atoms with Gasteiger partial charge in [0.05, 0.1) is 5.69 Å². The molecule has 50 heavy (non-hydrogen) atoms. The van der Waals surface area contributed by atoms with Crippen LogP contribution in [-0.2, 0) is 10.8 Å². The highest BCUT2D eigenvalue weighted by molar-refractivity contribution is 7.25. The van der Waals surface area contributed by atoms with Crippen LogP contribution in [0.3, 0.4) is 0 Å². The second kappa shape index (κ2) is 10.5. The average molecular weight is 660 g/mol. The van der Waals surface area contributed by atoms with Crippen LogP contribution in [0.25, 0.3) is 53.6 Å². The zero-order chi connectivity index (χ0) is 33.8. The number of hydrogen-bond acceptors (Lipinski definition) is 2. The summed E-state index contributed by atoms with van der Waals surface area (Å²) in [6.07, 6.45) is 0. The van der Waals surface area contributed by atoms with Gasteiger partial charge in [-0.05, 0) is 92.5 Å². The Morgan fingerprint density at radius 3 is 1.84 bits per heavy atom. The lowest BCUT2D eigenvalue weighted by molar-refractivity contribution is 0.660. The lowest BCUT2D eigenvalue weighted by Gasteiger charge is -2.30. The molecule has 0 N–H and O–H groups in total. The summed E-state index contributed by atoms with van der Waals surface area (Å²) in [6.45, 7) is 9.44. The lowest BCUT2D eigenvalue weighted by atomic mass is 9.82. The minimum atomic E-state index is -0.0830. The maximum Gasteiger partial charge on any atom is 0.0543 e. The SMILES string of the molecule is CC1(C)c2ccccc2-c2cc(N(c3ccc(-c4cccc5sc6ccccc6c45)cc3)c3cccc4c3-c3ccccc3C4(C)C)ccc21. The predicted molar refractivity (Wildman–Crippen MR) is 215 cm³/mol. The summed E-state index contributed by atoms with van der Waals surface area (Å²) >= 11 is 1.88. The lowest BCUT2D eigenvalue weighted by Crippen LogP contribution is -2.16. The molecule has 2 heteroatoms. The Labute approximate surface area is 298 Å². The van der Waals surface area contributed by atoms with Gasteiger partial charge in [0.2, 0.25) is 0 Å². The first-order valence-electron chi connectivity index (χ1n) is 17.6. The van der Waals surface area contributed by atoms with Crippen molar-refractivity contribution < 1.29 is 0 Å². The van der Waals surface area contributed by atoms with Gasteiger partial charge in [0, 0.05) is 47.9 Å². The smallest absolute Gasteiger partial charge is 0.0543 e. The normalized spacial score (nSPS) is 14.7. The molecule has 240 valence electrons. The Kier molecular flexibility index (Phi) is 6.21. The molecule has 8 aromatic rings. The molecule has 2 aliphatic rings. The molecule has 0 atom stereocenters. The van der Waals surface area contributed by atoms with Crippen LogP contribution < -0.4 is 4.90 Å². The summed E-state index contributed by atoms with van der Waals surface area (Å²) in [5.74, 6) is 0. The van der Waals surface area contributed by atoms with Crippen molar-refractivity contribution in [3.05, 3.63) is 174 Å². The Morgan fingerprint density at radius 2 is 1.02 bits per heavy atom. The third-order valence-electron chi connectivity index (χ3n) is 11.5. The van der Waals surface area contributed by atoms with E-state index in [0.29, 0.717) is 0 Å². The number of nitrogens with zero attached hydrogens (tertiary/aromatic N) is 1. The van der Waals surface area contributed by atoms with E-state index in [1.54, 1.807) is 0 Å². The summed E-state index contributed by atoms with van der Waals surface area (Å²) in [7, 11) is 0. The maximum absolute atomic E-state index is 2.50. The van der Waals surface area contributed by atoms with Crippen LogP contribution in [0, 0.1) is 0 Å². The van der Waals surface area contributed by atoms with Crippen LogP contribution in [0.15, 0.2) is 152 Å². The highest BCUT2D eigenvalue weighted by Crippen LogP contribution is 2.55. The van der Waals surface area contributed by atoms with Crippen LogP contribution in [0.4, 0.5) is 17.1 Å². The highest BCUT2D eigenvalue weighted by atomic mass is 32.1. The van der Waals surface area contributed by atoms with Gasteiger partial charge in [-0.1, -0.05) is 137 Å². The molecule has 10 rings (SSSR count). The molecule has 2 aliphatic carbocycles. The van der Waals surface area contributed by atoms with E-state index in [4.69, 9.17) is 0 Å². The summed E-state index contributed by atoms with van der Waals surface area (Å²) in [4.78, 5) is 2.50. The molecular formula is C48H37NS. The van der Waals surface area contributed by atoms with Gasteiger partial charge in [-0.3, -0.25) is 0 Å². The third-order valence-corrected chi connectivity index (χ3v) is 12.6. The Balaban J connectivity index is 1.19. The fourth-order valence-electron chi connectivity index (χ4n) is 9.00. The quantitative estimate of drug-likeness (QED) is 0.182. The Hall–Kier alpha value is -5.44. The highest BCUT2D eigenvalue weighted by Gasteiger charge is 2.39. The zero-order valence-corrected chi connectivity index (χ0v) is 29.6. The van der Waals surface area contributed by atoms with Crippen molar-refractivity contribution in [1.29, 1.82) is 0 Å². The number of thiophene rings is 1. The summed E-state index contributed by atoms with van der Waals surface area (Å²) in [6, 6.07) is 56.7. The van der Waals surface area contributed by atoms with Crippen LogP contribution in [0.2, 0.25) is 0 Å². The number of fused-ring (bicyclic) bond motifs is 9. The molecule has 1 aromatic heterocycles. The molecule has 0 radical (unpaired) electrons. The van der Waals surface area contributed by atoms with Gasteiger partial charge < -0.3 is 4.90 Å². The van der Waals surface area contributed by atoms with Crippen molar-refractivity contribution >= 4 is 48.6 Å². The standard InChI is InChI=1S/C48H37NS/c1-47(2)38-17-8-5-13-34(38)37-29-32(27-28-40(37)47)49(42-20-12-19-41-46(42)35-14-6-9-18-39(35)48(41,3)4)31-25-23-30(24-26-31)33-16-11-22-44-45(33)36-15-7-10-21-43(36)50-44/h5-29H,1-4H3. The van der Waals surface area contributed by atoms with Crippen molar-refractivity contribution in [3.63, 3.8) is 0 Å². The van der Waals surface area contributed by atoms with Crippen molar-refractivity contribution in [2.45, 2.75) is 38.5 Å². The molecule has 0 unspecified atom stereocenters. The topological polar surface area (TPSA) is 3.24 Å². The number of benzene rings is 7. The van der Waals surface area contributed by atoms with Gasteiger partial charge >= 0.3 is 0 Å². The second-order valence-electron chi connectivity index (χ2n) is 14.9. The van der Waals surface area contributed by atoms with Crippen LogP contribution in [0.1, 0.15) is 49.9 Å². The largest absolute Gasteiger partial charge is 0.310 e. The van der Waals surface area contributed by atoms with Gasteiger partial charge in [0.25, 0.3) is 0 Å². The fourth-order valence-corrected chi connectivity index (χ4v) is 10.1. The molecular weight excluding hydrogens is 623 g/mol. The van der Waals surface area contributed by atoms with E-state index in [-0.39, 0.29) is 10.8 Å². The van der Waals surface area contributed by atoms with Crippen LogP contribution >= 0.6 is 11.3 Å². The average Bonchev–Trinajstić information content (AvgIpc) is 3.72. The maximum atomic E-state index is 2.50. The summed E-state index contributed by atoms with van der Waals surface area (Å²) in [5, 5.41) is 2.67. The van der Waals surface area contributed by atoms with Crippen molar-refractivity contribution in [2.75, 3.05) is 4.90 Å². The van der Waals surface area contributed by atoms with E-state index in [9.17, 15) is 0 Å². The van der Waals surface area contributed by atoms with E-state index < -0.39 is 0 Å². The van der Waals surface area contributed by atoms with E-state index in [1.807, 2.05) is 11.3 Å². The van der Waals surface area contributed by atoms with Crippen LogP contribution in [0.5, 0.6) is 0 Å². The molecule has 1 heterocycles. The molecule has 0 saturated carbocycles. The first-order valence-corrected chi connectivity index (χ1v) is 18.4. The molecule has 0 spiro atoms. The molecule has 0 amide bonds. The predicted octanol–water partition coefficient (Wildman–Crippen LogP) is 13.8. The second-order valence-corrected chi connectivity index (χ2v) is 16.0. The van der Waals surface area contributed by atoms with E-state index in [2.05, 4.69) is 184 Å². The van der Waals surface area contributed by atoms with Crippen molar-refractivity contribution in [1.82, 2.24) is 0 Å². The Bertz CT molecular complexity index is 2650. The summed E-state index contributed by atoms with van der Waals surface area (Å²) in [5.41, 5.74) is 16.8. The molecule has 0 saturated heterocycles. The zero-order valence-electron chi connectivity index (χ0n) is 28.8. The fraction of sp³-hybridized carbons (Fsp3) is 0.125. The van der Waals surface area contributed by atoms with Gasteiger partial charge in [-0.2, -0.15) is 0 Å². The molecule has 7 aromatic carbocycles. The first-order chi connectivity index (χ1) is 24.3. The summed E-state index contributed by atoms with van der Waals surface area (Å²) < 4.78 is 2.66. The van der Waals surface area contributed by atoms with Crippen molar-refractivity contribution in [3.8, 4) is 33.4 Å². The minimum Gasteiger partial charge on any atom is -0.310 e. The monoisotopic (exact) mass is 659 g/mol. The first kappa shape index (κ1) is 29.5. The van der Waals surface area contributed by atoms with E-state index >= 15 is 0 Å². The van der Waals surface area contributed by atoms with E-state index in [0.717, 1.165) is 5.69 Å². The van der Waals surface area contributed by atoms with Gasteiger partial charge in [0.15, 0.2) is 0 Å². The molecule has 0 fully saturated rings. The minimum absolute atomic E-state index is 0.0409. The number of anilines is 3. The van der Waals surface area contributed by atoms with Gasteiger partial charge in [0.1, 0.15) is 0 Å². The van der Waals surface area contributed by atoms with Gasteiger partial charge in [-0.15, -0.1) is 11.3 Å². The molecule has 0 bridgehead atoms.